The number of aliphatic hydroxyl groups excluding tert-OH is 2. The molecule has 1 aromatic carbocycles. The Morgan fingerprint density at radius 1 is 0.833 bits per heavy atom. The zero-order valence-electron chi connectivity index (χ0n) is 21.9. The molecule has 0 heterocycles. The third kappa shape index (κ3) is 5.77. The van der Waals surface area contributed by atoms with Crippen molar-refractivity contribution in [2.45, 2.75) is 75.6 Å². The highest BCUT2D eigenvalue weighted by Crippen LogP contribution is 2.60. The first-order valence-corrected chi connectivity index (χ1v) is 14.2. The molecule has 1 aromatic rings. The maximum Gasteiger partial charge on any atom is 0.207 e. The number of aliphatic hydroxyl groups is 2. The number of nitrogens with zero attached hydrogens (tertiary/aromatic N) is 1. The molecule has 7 heteroatoms. The lowest BCUT2D eigenvalue weighted by Gasteiger charge is -2.58. The molecule has 0 atom stereocenters. The van der Waals surface area contributed by atoms with Gasteiger partial charge < -0.3 is 19.7 Å². The molecule has 0 spiro atoms. The van der Waals surface area contributed by atoms with Gasteiger partial charge >= 0.3 is 0 Å². The van der Waals surface area contributed by atoms with Crippen molar-refractivity contribution in [2.75, 3.05) is 46.6 Å². The minimum atomic E-state index is -0.521. The number of ether oxygens (including phenoxy) is 2. The van der Waals surface area contributed by atoms with Gasteiger partial charge in [-0.25, -0.2) is 9.78 Å². The van der Waals surface area contributed by atoms with E-state index in [9.17, 15) is 0 Å². The first-order chi connectivity index (χ1) is 17.6. The van der Waals surface area contributed by atoms with E-state index in [1.165, 1.54) is 37.7 Å². The summed E-state index contributed by atoms with van der Waals surface area (Å²) in [7, 11) is 1.82. The van der Waals surface area contributed by atoms with E-state index in [1.807, 2.05) is 12.0 Å². The van der Waals surface area contributed by atoms with Gasteiger partial charge in [0.2, 0.25) is 5.79 Å². The number of benzene rings is 1. The fraction of sp³-hybridized carbons (Fsp3) is 0.793. The summed E-state index contributed by atoms with van der Waals surface area (Å²) < 4.78 is 12.0. The minimum absolute atomic E-state index is 0.0865. The van der Waals surface area contributed by atoms with E-state index in [2.05, 4.69) is 24.3 Å². The molecule has 5 saturated carbocycles. The maximum atomic E-state index is 9.12. The lowest BCUT2D eigenvalue weighted by molar-refractivity contribution is -0.485. The summed E-state index contributed by atoms with van der Waals surface area (Å²) >= 11 is 0. The number of rotatable bonds is 13. The van der Waals surface area contributed by atoms with Crippen molar-refractivity contribution < 1.29 is 29.5 Å². The molecule has 5 aliphatic rings. The van der Waals surface area contributed by atoms with Crippen LogP contribution in [0.4, 0.5) is 0 Å². The number of hydrogen-bond acceptors (Lipinski definition) is 7. The van der Waals surface area contributed by atoms with Crippen LogP contribution >= 0.6 is 0 Å². The van der Waals surface area contributed by atoms with E-state index in [1.54, 1.807) is 0 Å². The molecule has 0 aromatic heterocycles. The standard InChI is InChI=1S/C29H45NO6/c1-33-29(25-17-21-16-22(19-25)20-26(29)18-21)36-35-28-8-4-24(5-9-28)23-2-6-27(7-3-23)34-15-12-30(10-13-31)11-14-32/h2-3,6-7,21-22,24-26,28,31-32H,4-5,8-20H2,1H3/t21?,22?,24-,25?,26?,28+,29?. The lowest BCUT2D eigenvalue weighted by Crippen LogP contribution is -2.60. The van der Waals surface area contributed by atoms with E-state index in [-0.39, 0.29) is 19.3 Å². The van der Waals surface area contributed by atoms with Gasteiger partial charge in [0, 0.05) is 38.6 Å². The van der Waals surface area contributed by atoms with Gasteiger partial charge in [-0.2, -0.15) is 0 Å². The second-order valence-corrected chi connectivity index (χ2v) is 11.6. The molecule has 2 N–H and O–H groups in total. The second-order valence-electron chi connectivity index (χ2n) is 11.6. The van der Waals surface area contributed by atoms with Gasteiger partial charge in [0.1, 0.15) is 12.4 Å². The molecule has 0 unspecified atom stereocenters. The summed E-state index contributed by atoms with van der Waals surface area (Å²) in [6.07, 6.45) is 10.7. The minimum Gasteiger partial charge on any atom is -0.492 e. The fourth-order valence-electron chi connectivity index (χ4n) is 7.73. The zero-order chi connectivity index (χ0) is 25.0. The van der Waals surface area contributed by atoms with Crippen molar-refractivity contribution in [1.82, 2.24) is 4.90 Å². The Kier molecular flexibility index (Phi) is 8.87. The summed E-state index contributed by atoms with van der Waals surface area (Å²) in [5.41, 5.74) is 1.36. The number of hydrogen-bond donors (Lipinski definition) is 2. The van der Waals surface area contributed by atoms with Crippen molar-refractivity contribution in [2.24, 2.45) is 23.7 Å². The average molecular weight is 504 g/mol. The van der Waals surface area contributed by atoms with Crippen LogP contribution in [0.1, 0.15) is 69.3 Å². The predicted molar refractivity (Wildman–Crippen MR) is 137 cm³/mol. The smallest absolute Gasteiger partial charge is 0.207 e. The molecule has 202 valence electrons. The van der Waals surface area contributed by atoms with Crippen LogP contribution in [0.5, 0.6) is 5.75 Å². The summed E-state index contributed by atoms with van der Waals surface area (Å²) in [5, 5.41) is 18.2. The van der Waals surface area contributed by atoms with Crippen LogP contribution in [0.25, 0.3) is 0 Å². The van der Waals surface area contributed by atoms with Crippen molar-refractivity contribution >= 4 is 0 Å². The Balaban J connectivity index is 1.05. The van der Waals surface area contributed by atoms with Gasteiger partial charge in [0.15, 0.2) is 0 Å². The summed E-state index contributed by atoms with van der Waals surface area (Å²) in [5.74, 6) is 3.61. The molecule has 5 fully saturated rings. The summed E-state index contributed by atoms with van der Waals surface area (Å²) in [4.78, 5) is 14.4. The van der Waals surface area contributed by atoms with Gasteiger partial charge in [-0.05, 0) is 93.2 Å². The third-order valence-electron chi connectivity index (χ3n) is 9.44. The lowest BCUT2D eigenvalue weighted by atomic mass is 9.53. The Morgan fingerprint density at radius 2 is 1.44 bits per heavy atom. The molecule has 6 rings (SSSR count). The van der Waals surface area contributed by atoms with Gasteiger partial charge in [-0.3, -0.25) is 4.90 Å². The monoisotopic (exact) mass is 503 g/mol. The van der Waals surface area contributed by atoms with Gasteiger partial charge in [0.05, 0.1) is 19.3 Å². The average Bonchev–Trinajstić information content (AvgIpc) is 2.89. The first kappa shape index (κ1) is 26.4. The van der Waals surface area contributed by atoms with E-state index in [0.717, 1.165) is 43.3 Å². The molecular weight excluding hydrogens is 458 g/mol. The molecule has 36 heavy (non-hydrogen) atoms. The predicted octanol–water partition coefficient (Wildman–Crippen LogP) is 4.13. The van der Waals surface area contributed by atoms with Crippen molar-refractivity contribution in [3.63, 3.8) is 0 Å². The van der Waals surface area contributed by atoms with Crippen LogP contribution in [-0.2, 0) is 14.5 Å². The maximum absolute atomic E-state index is 9.12. The molecular formula is C29H45NO6. The van der Waals surface area contributed by atoms with Crippen LogP contribution in [-0.4, -0.2) is 73.6 Å². The fourth-order valence-corrected chi connectivity index (χ4v) is 7.73. The Labute approximate surface area is 216 Å². The van der Waals surface area contributed by atoms with Crippen LogP contribution in [0.2, 0.25) is 0 Å². The molecule has 0 amide bonds. The highest BCUT2D eigenvalue weighted by atomic mass is 17.2. The highest BCUT2D eigenvalue weighted by Gasteiger charge is 2.60. The highest BCUT2D eigenvalue weighted by molar-refractivity contribution is 5.29. The van der Waals surface area contributed by atoms with Crippen LogP contribution in [0, 0.1) is 23.7 Å². The quantitative estimate of drug-likeness (QED) is 0.238. The SMILES string of the molecule is COC1(OO[C@H]2CC[C@@H](c3ccc(OCCN(CCO)CCO)cc3)CC2)C2CC3CC(C2)CC1C3. The van der Waals surface area contributed by atoms with E-state index < -0.39 is 5.79 Å². The topological polar surface area (TPSA) is 80.6 Å². The third-order valence-corrected chi connectivity index (χ3v) is 9.44. The molecule has 0 saturated heterocycles. The van der Waals surface area contributed by atoms with E-state index >= 15 is 0 Å². The second kappa shape index (κ2) is 12.1. The molecule has 5 aliphatic carbocycles. The Bertz CT molecular complexity index is 774. The Hall–Kier alpha value is -1.22. The zero-order valence-corrected chi connectivity index (χ0v) is 21.9. The first-order valence-electron chi connectivity index (χ1n) is 14.2. The van der Waals surface area contributed by atoms with Gasteiger partial charge in [0.25, 0.3) is 0 Å². The van der Waals surface area contributed by atoms with Crippen LogP contribution < -0.4 is 4.74 Å². The normalized spacial score (nSPS) is 35.4. The summed E-state index contributed by atoms with van der Waals surface area (Å²) in [6.45, 7) is 2.49. The molecule has 0 aliphatic heterocycles. The van der Waals surface area contributed by atoms with Gasteiger partial charge in [-0.1, -0.05) is 12.1 Å². The van der Waals surface area contributed by atoms with Crippen molar-refractivity contribution in [3.05, 3.63) is 29.8 Å². The van der Waals surface area contributed by atoms with Gasteiger partial charge in [-0.15, -0.1) is 0 Å². The summed E-state index contributed by atoms with van der Waals surface area (Å²) in [6, 6.07) is 8.48. The van der Waals surface area contributed by atoms with Crippen LogP contribution in [0.15, 0.2) is 24.3 Å². The largest absolute Gasteiger partial charge is 0.492 e. The molecule has 4 bridgehead atoms. The molecule has 7 nitrogen and oxygen atoms in total. The van der Waals surface area contributed by atoms with Crippen LogP contribution in [0.3, 0.4) is 0 Å². The number of methoxy groups -OCH3 is 1. The van der Waals surface area contributed by atoms with E-state index in [4.69, 9.17) is 29.5 Å². The molecule has 0 radical (unpaired) electrons. The van der Waals surface area contributed by atoms with Crippen molar-refractivity contribution in [1.29, 1.82) is 0 Å². The Morgan fingerprint density at radius 3 is 2.00 bits per heavy atom. The van der Waals surface area contributed by atoms with Crippen molar-refractivity contribution in [3.8, 4) is 5.75 Å². The van der Waals surface area contributed by atoms with E-state index in [0.29, 0.717) is 44.0 Å².